The van der Waals surface area contributed by atoms with Crippen molar-refractivity contribution in [3.63, 3.8) is 0 Å². The number of aryl methyl sites for hydroxylation is 1. The van der Waals surface area contributed by atoms with Crippen LogP contribution in [0.4, 0.5) is 0 Å². The Balaban J connectivity index is 2.31. The van der Waals surface area contributed by atoms with Crippen LogP contribution >= 0.6 is 0 Å². The Morgan fingerprint density at radius 2 is 2.10 bits per heavy atom. The number of hydrogen-bond donors (Lipinski definition) is 1. The quantitative estimate of drug-likeness (QED) is 0.906. The van der Waals surface area contributed by atoms with Gasteiger partial charge in [-0.15, -0.1) is 0 Å². The third-order valence-corrected chi connectivity index (χ3v) is 6.30. The Morgan fingerprint density at radius 3 is 2.67 bits per heavy atom. The first kappa shape index (κ1) is 16.5. The summed E-state index contributed by atoms with van der Waals surface area (Å²) in [6.45, 7) is 8.03. The smallest absolute Gasteiger partial charge is 0.244 e. The SMILES string of the molecule is CCCn1cc(S(=O)(=O)N2CCC(C)CC2C)cc1CN. The molecule has 2 heterocycles. The average molecular weight is 313 g/mol. The van der Waals surface area contributed by atoms with Crippen LogP contribution in [-0.2, 0) is 23.1 Å². The second-order valence-electron chi connectivity index (χ2n) is 6.16. The average Bonchev–Trinajstić information content (AvgIpc) is 2.82. The molecule has 0 radical (unpaired) electrons. The number of rotatable bonds is 5. The number of sulfonamides is 1. The van der Waals surface area contributed by atoms with Gasteiger partial charge in [-0.1, -0.05) is 13.8 Å². The molecule has 0 saturated carbocycles. The van der Waals surface area contributed by atoms with Crippen LogP contribution < -0.4 is 5.73 Å². The Kier molecular flexibility index (Phi) is 5.11. The Hall–Kier alpha value is -0.850. The lowest BCUT2D eigenvalue weighted by atomic mass is 9.95. The van der Waals surface area contributed by atoms with E-state index >= 15 is 0 Å². The van der Waals surface area contributed by atoms with Crippen molar-refractivity contribution < 1.29 is 8.42 Å². The fourth-order valence-corrected chi connectivity index (χ4v) is 4.89. The van der Waals surface area contributed by atoms with E-state index in [-0.39, 0.29) is 6.04 Å². The normalized spacial score (nSPS) is 24.4. The van der Waals surface area contributed by atoms with Gasteiger partial charge in [-0.05, 0) is 38.2 Å². The summed E-state index contributed by atoms with van der Waals surface area (Å²) in [4.78, 5) is 0.387. The van der Waals surface area contributed by atoms with E-state index in [0.717, 1.165) is 31.5 Å². The molecule has 21 heavy (non-hydrogen) atoms. The highest BCUT2D eigenvalue weighted by atomic mass is 32.2. The predicted octanol–water partition coefficient (Wildman–Crippen LogP) is 2.17. The van der Waals surface area contributed by atoms with Crippen LogP contribution in [0.15, 0.2) is 17.2 Å². The minimum Gasteiger partial charge on any atom is -0.349 e. The molecule has 0 aromatic carbocycles. The van der Waals surface area contributed by atoms with Gasteiger partial charge in [-0.3, -0.25) is 0 Å². The summed E-state index contributed by atoms with van der Waals surface area (Å²) in [6.07, 6.45) is 4.56. The molecule has 2 N–H and O–H groups in total. The second-order valence-corrected chi connectivity index (χ2v) is 8.05. The molecule has 1 aliphatic rings. The maximum absolute atomic E-state index is 12.9. The van der Waals surface area contributed by atoms with Gasteiger partial charge in [0.05, 0.1) is 0 Å². The fraction of sp³-hybridized carbons (Fsp3) is 0.733. The number of aromatic nitrogens is 1. The highest BCUT2D eigenvalue weighted by Crippen LogP contribution is 2.29. The van der Waals surface area contributed by atoms with Crippen LogP contribution in [0, 0.1) is 5.92 Å². The van der Waals surface area contributed by atoms with Crippen molar-refractivity contribution in [2.75, 3.05) is 6.54 Å². The van der Waals surface area contributed by atoms with Crippen LogP contribution in [0.2, 0.25) is 0 Å². The van der Waals surface area contributed by atoms with Gasteiger partial charge in [0.1, 0.15) is 4.90 Å². The molecule has 2 atom stereocenters. The van der Waals surface area contributed by atoms with Crippen molar-refractivity contribution in [2.45, 2.75) is 64.1 Å². The Morgan fingerprint density at radius 1 is 1.38 bits per heavy atom. The highest BCUT2D eigenvalue weighted by molar-refractivity contribution is 7.89. The summed E-state index contributed by atoms with van der Waals surface area (Å²) in [5.41, 5.74) is 6.62. The zero-order valence-electron chi connectivity index (χ0n) is 13.2. The van der Waals surface area contributed by atoms with E-state index in [9.17, 15) is 8.42 Å². The van der Waals surface area contributed by atoms with Gasteiger partial charge in [-0.2, -0.15) is 4.31 Å². The first-order valence-electron chi connectivity index (χ1n) is 7.81. The molecule has 0 spiro atoms. The van der Waals surface area contributed by atoms with Gasteiger partial charge in [-0.25, -0.2) is 8.42 Å². The summed E-state index contributed by atoms with van der Waals surface area (Å²) >= 11 is 0. The first-order valence-corrected chi connectivity index (χ1v) is 9.25. The molecular formula is C15H27N3O2S. The van der Waals surface area contributed by atoms with E-state index in [1.807, 2.05) is 11.5 Å². The molecule has 2 unspecified atom stereocenters. The summed E-state index contributed by atoms with van der Waals surface area (Å²) in [6, 6.07) is 1.80. The van der Waals surface area contributed by atoms with Crippen molar-refractivity contribution >= 4 is 10.0 Å². The molecule has 1 aromatic heterocycles. The topological polar surface area (TPSA) is 68.3 Å². The molecule has 0 bridgehead atoms. The van der Waals surface area contributed by atoms with Crippen LogP contribution in [0.3, 0.4) is 0 Å². The van der Waals surface area contributed by atoms with E-state index in [1.54, 1.807) is 16.6 Å². The van der Waals surface area contributed by atoms with Gasteiger partial charge in [0.2, 0.25) is 10.0 Å². The summed E-state index contributed by atoms with van der Waals surface area (Å²) in [5, 5.41) is 0. The van der Waals surface area contributed by atoms with Gasteiger partial charge in [0, 0.05) is 37.6 Å². The zero-order valence-corrected chi connectivity index (χ0v) is 14.1. The molecule has 0 aliphatic carbocycles. The minimum atomic E-state index is -3.41. The number of hydrogen-bond acceptors (Lipinski definition) is 3. The second kappa shape index (κ2) is 6.50. The molecular weight excluding hydrogens is 286 g/mol. The van der Waals surface area contributed by atoms with Crippen LogP contribution in [0.25, 0.3) is 0 Å². The molecule has 2 rings (SSSR count). The number of nitrogens with two attached hydrogens (primary N) is 1. The minimum absolute atomic E-state index is 0.0644. The molecule has 6 heteroatoms. The van der Waals surface area contributed by atoms with Crippen molar-refractivity contribution in [3.8, 4) is 0 Å². The van der Waals surface area contributed by atoms with E-state index in [2.05, 4.69) is 13.8 Å². The lowest BCUT2D eigenvalue weighted by Gasteiger charge is -2.35. The Labute approximate surface area is 128 Å². The third kappa shape index (κ3) is 3.33. The lowest BCUT2D eigenvalue weighted by Crippen LogP contribution is -2.43. The highest BCUT2D eigenvalue weighted by Gasteiger charge is 2.34. The van der Waals surface area contributed by atoms with Gasteiger partial charge < -0.3 is 10.3 Å². The molecule has 0 amide bonds. The van der Waals surface area contributed by atoms with Gasteiger partial charge >= 0.3 is 0 Å². The maximum Gasteiger partial charge on any atom is 0.244 e. The Bertz CT molecular complexity index is 580. The fourth-order valence-electron chi connectivity index (χ4n) is 3.17. The van der Waals surface area contributed by atoms with Crippen LogP contribution in [-0.4, -0.2) is 29.9 Å². The molecule has 5 nitrogen and oxygen atoms in total. The van der Waals surface area contributed by atoms with Crippen molar-refractivity contribution in [3.05, 3.63) is 18.0 Å². The van der Waals surface area contributed by atoms with Crippen molar-refractivity contribution in [2.24, 2.45) is 11.7 Å². The maximum atomic E-state index is 12.9. The molecule has 1 aliphatic heterocycles. The summed E-state index contributed by atoms with van der Waals surface area (Å²) in [7, 11) is -3.41. The molecule has 120 valence electrons. The van der Waals surface area contributed by atoms with E-state index in [1.165, 1.54) is 0 Å². The van der Waals surface area contributed by atoms with Gasteiger partial charge in [0.25, 0.3) is 0 Å². The van der Waals surface area contributed by atoms with Crippen LogP contribution in [0.1, 0.15) is 45.7 Å². The number of piperidine rings is 1. The number of nitrogens with zero attached hydrogens (tertiary/aromatic N) is 2. The monoisotopic (exact) mass is 313 g/mol. The van der Waals surface area contributed by atoms with E-state index < -0.39 is 10.0 Å². The molecule has 1 saturated heterocycles. The third-order valence-electron chi connectivity index (χ3n) is 4.32. The van der Waals surface area contributed by atoms with Crippen molar-refractivity contribution in [1.29, 1.82) is 0 Å². The predicted molar refractivity (Wildman–Crippen MR) is 84.4 cm³/mol. The van der Waals surface area contributed by atoms with Crippen LogP contribution in [0.5, 0.6) is 0 Å². The standard InChI is InChI=1S/C15H27N3O2S/c1-4-6-17-11-15(9-14(17)10-16)21(19,20)18-7-5-12(2)8-13(18)3/h9,11-13H,4-8,10,16H2,1-3H3. The first-order chi connectivity index (χ1) is 9.90. The zero-order chi connectivity index (χ0) is 15.6. The van der Waals surface area contributed by atoms with E-state index in [4.69, 9.17) is 5.73 Å². The molecule has 1 aromatic rings. The van der Waals surface area contributed by atoms with Gasteiger partial charge in [0.15, 0.2) is 0 Å². The summed E-state index contributed by atoms with van der Waals surface area (Å²) < 4.78 is 29.3. The lowest BCUT2D eigenvalue weighted by molar-refractivity contribution is 0.220. The molecule has 1 fully saturated rings. The van der Waals surface area contributed by atoms with E-state index in [0.29, 0.717) is 23.9 Å². The largest absolute Gasteiger partial charge is 0.349 e. The van der Waals surface area contributed by atoms with Crippen molar-refractivity contribution in [1.82, 2.24) is 8.87 Å². The summed E-state index contributed by atoms with van der Waals surface area (Å²) in [5.74, 6) is 0.593.